The fourth-order valence-electron chi connectivity index (χ4n) is 3.38. The third-order valence-corrected chi connectivity index (χ3v) is 4.57. The largest absolute Gasteiger partial charge is 0.366 e. The summed E-state index contributed by atoms with van der Waals surface area (Å²) in [6.07, 6.45) is 3.32. The molecule has 1 aliphatic heterocycles. The van der Waals surface area contributed by atoms with E-state index < -0.39 is 0 Å². The zero-order valence-corrected chi connectivity index (χ0v) is 13.7. The van der Waals surface area contributed by atoms with Crippen molar-refractivity contribution in [3.05, 3.63) is 0 Å². The van der Waals surface area contributed by atoms with Crippen molar-refractivity contribution in [2.24, 2.45) is 17.8 Å². The van der Waals surface area contributed by atoms with E-state index in [-0.39, 0.29) is 24.4 Å². The molecule has 2 fully saturated rings. The molecule has 0 aromatic heterocycles. The lowest BCUT2D eigenvalue weighted by Crippen LogP contribution is -2.53. The molecule has 2 N–H and O–H groups in total. The van der Waals surface area contributed by atoms with Crippen molar-refractivity contribution in [1.82, 2.24) is 10.6 Å². The summed E-state index contributed by atoms with van der Waals surface area (Å²) in [7, 11) is 0. The minimum atomic E-state index is -0.307. The van der Waals surface area contributed by atoms with Gasteiger partial charge in [-0.1, -0.05) is 27.2 Å². The standard InChI is InChI=1S/C15H28N2O2.ClH/c1-10(2)12-5-4-11(3)8-13(12)17-15(18)14-9-16-6-7-19-14;/h10-14,16H,4-9H2,1-3H3,(H,17,18);1H. The Morgan fingerprint density at radius 2 is 2.10 bits per heavy atom. The molecule has 1 saturated heterocycles. The van der Waals surface area contributed by atoms with Crippen LogP contribution in [-0.2, 0) is 9.53 Å². The molecule has 4 atom stereocenters. The number of hydrogen-bond acceptors (Lipinski definition) is 3. The van der Waals surface area contributed by atoms with E-state index in [1.54, 1.807) is 0 Å². The highest BCUT2D eigenvalue weighted by molar-refractivity contribution is 5.85. The Bertz CT molecular complexity index is 306. The summed E-state index contributed by atoms with van der Waals surface area (Å²) >= 11 is 0. The van der Waals surface area contributed by atoms with Crippen LogP contribution in [0.25, 0.3) is 0 Å². The van der Waals surface area contributed by atoms with Crippen molar-refractivity contribution >= 4 is 18.3 Å². The lowest BCUT2D eigenvalue weighted by molar-refractivity contribution is -0.135. The number of halogens is 1. The van der Waals surface area contributed by atoms with Crippen molar-refractivity contribution in [3.8, 4) is 0 Å². The Morgan fingerprint density at radius 1 is 1.35 bits per heavy atom. The Balaban J connectivity index is 0.00000200. The molecule has 4 nitrogen and oxygen atoms in total. The number of carbonyl (C=O) groups excluding carboxylic acids is 1. The number of carbonyl (C=O) groups is 1. The third-order valence-electron chi connectivity index (χ3n) is 4.57. The molecule has 1 aliphatic carbocycles. The normalized spacial score (nSPS) is 34.4. The first-order chi connectivity index (χ1) is 9.08. The van der Waals surface area contributed by atoms with Crippen LogP contribution >= 0.6 is 12.4 Å². The highest BCUT2D eigenvalue weighted by Gasteiger charge is 2.33. The first-order valence-corrected chi connectivity index (χ1v) is 7.70. The molecular weight excluding hydrogens is 276 g/mol. The Morgan fingerprint density at radius 3 is 2.70 bits per heavy atom. The molecule has 0 aromatic rings. The van der Waals surface area contributed by atoms with Gasteiger partial charge in [-0.3, -0.25) is 4.79 Å². The molecule has 5 heteroatoms. The maximum Gasteiger partial charge on any atom is 0.250 e. The lowest BCUT2D eigenvalue weighted by atomic mass is 9.74. The Hall–Kier alpha value is -0.320. The molecule has 1 saturated carbocycles. The van der Waals surface area contributed by atoms with Gasteiger partial charge in [-0.15, -0.1) is 12.4 Å². The lowest BCUT2D eigenvalue weighted by Gasteiger charge is -2.38. The molecule has 0 radical (unpaired) electrons. The molecule has 2 rings (SSSR count). The Labute approximate surface area is 128 Å². The minimum Gasteiger partial charge on any atom is -0.366 e. The van der Waals surface area contributed by atoms with Gasteiger partial charge in [-0.2, -0.15) is 0 Å². The van der Waals surface area contributed by atoms with Crippen LogP contribution in [-0.4, -0.2) is 37.7 Å². The Kier molecular flexibility index (Phi) is 7.27. The highest BCUT2D eigenvalue weighted by atomic mass is 35.5. The smallest absolute Gasteiger partial charge is 0.250 e. The molecular formula is C15H29ClN2O2. The van der Waals surface area contributed by atoms with Crippen molar-refractivity contribution < 1.29 is 9.53 Å². The molecule has 0 aromatic carbocycles. The van der Waals surface area contributed by atoms with Gasteiger partial charge in [0.1, 0.15) is 6.10 Å². The van der Waals surface area contributed by atoms with Crippen LogP contribution in [0.15, 0.2) is 0 Å². The average molecular weight is 305 g/mol. The van der Waals surface area contributed by atoms with Gasteiger partial charge >= 0.3 is 0 Å². The summed E-state index contributed by atoms with van der Waals surface area (Å²) in [4.78, 5) is 12.3. The number of morpholine rings is 1. The van der Waals surface area contributed by atoms with Crippen molar-refractivity contribution in [1.29, 1.82) is 0 Å². The van der Waals surface area contributed by atoms with Gasteiger partial charge in [0, 0.05) is 19.1 Å². The van der Waals surface area contributed by atoms with Gasteiger partial charge in [0.25, 0.3) is 5.91 Å². The zero-order chi connectivity index (χ0) is 13.8. The highest BCUT2D eigenvalue weighted by Crippen LogP contribution is 2.33. The van der Waals surface area contributed by atoms with Crippen LogP contribution in [0.1, 0.15) is 40.0 Å². The van der Waals surface area contributed by atoms with E-state index in [0.29, 0.717) is 36.9 Å². The van der Waals surface area contributed by atoms with Gasteiger partial charge in [-0.25, -0.2) is 0 Å². The van der Waals surface area contributed by atoms with Crippen molar-refractivity contribution in [2.75, 3.05) is 19.7 Å². The first kappa shape index (κ1) is 17.7. The summed E-state index contributed by atoms with van der Waals surface area (Å²) in [5.41, 5.74) is 0. The van der Waals surface area contributed by atoms with E-state index in [0.717, 1.165) is 13.0 Å². The second kappa shape index (κ2) is 8.20. The minimum absolute atomic E-state index is 0. The molecule has 2 aliphatic rings. The molecule has 4 unspecified atom stereocenters. The maximum absolute atomic E-state index is 12.3. The number of rotatable bonds is 3. The monoisotopic (exact) mass is 304 g/mol. The third kappa shape index (κ3) is 4.61. The molecule has 1 amide bonds. The van der Waals surface area contributed by atoms with E-state index in [1.807, 2.05) is 0 Å². The van der Waals surface area contributed by atoms with E-state index >= 15 is 0 Å². The summed E-state index contributed by atoms with van der Waals surface area (Å²) in [6.45, 7) is 8.93. The van der Waals surface area contributed by atoms with E-state index in [4.69, 9.17) is 4.74 Å². The molecule has 1 heterocycles. The molecule has 118 valence electrons. The van der Waals surface area contributed by atoms with Crippen molar-refractivity contribution in [3.63, 3.8) is 0 Å². The summed E-state index contributed by atoms with van der Waals surface area (Å²) in [5.74, 6) is 2.02. The van der Waals surface area contributed by atoms with Crippen LogP contribution in [0.2, 0.25) is 0 Å². The van der Waals surface area contributed by atoms with Crippen LogP contribution in [0.4, 0.5) is 0 Å². The van der Waals surface area contributed by atoms with Gasteiger partial charge in [0.15, 0.2) is 0 Å². The molecule has 0 spiro atoms. The van der Waals surface area contributed by atoms with Crippen LogP contribution in [0, 0.1) is 17.8 Å². The van der Waals surface area contributed by atoms with E-state index in [9.17, 15) is 4.79 Å². The number of amides is 1. The van der Waals surface area contributed by atoms with Crippen LogP contribution in [0.5, 0.6) is 0 Å². The zero-order valence-electron chi connectivity index (χ0n) is 12.9. The SMILES string of the molecule is CC1CCC(C(C)C)C(NC(=O)C2CNCCO2)C1.Cl. The van der Waals surface area contributed by atoms with Gasteiger partial charge < -0.3 is 15.4 Å². The van der Waals surface area contributed by atoms with Gasteiger partial charge in [-0.05, 0) is 30.6 Å². The van der Waals surface area contributed by atoms with Crippen molar-refractivity contribution in [2.45, 2.75) is 52.2 Å². The maximum atomic E-state index is 12.3. The van der Waals surface area contributed by atoms with Gasteiger partial charge in [0.05, 0.1) is 6.61 Å². The van der Waals surface area contributed by atoms with Gasteiger partial charge in [0.2, 0.25) is 0 Å². The predicted octanol–water partition coefficient (Wildman–Crippen LogP) is 1.97. The number of nitrogens with one attached hydrogen (secondary N) is 2. The fourth-order valence-corrected chi connectivity index (χ4v) is 3.38. The second-order valence-electron chi connectivity index (χ2n) is 6.50. The topological polar surface area (TPSA) is 50.4 Å². The molecule has 20 heavy (non-hydrogen) atoms. The van der Waals surface area contributed by atoms with Crippen LogP contribution < -0.4 is 10.6 Å². The van der Waals surface area contributed by atoms with E-state index in [1.165, 1.54) is 12.8 Å². The fraction of sp³-hybridized carbons (Fsp3) is 0.933. The summed E-state index contributed by atoms with van der Waals surface area (Å²) in [6, 6.07) is 0.321. The number of hydrogen-bond donors (Lipinski definition) is 2. The van der Waals surface area contributed by atoms with Crippen LogP contribution in [0.3, 0.4) is 0 Å². The predicted molar refractivity (Wildman–Crippen MR) is 83.1 cm³/mol. The second-order valence-corrected chi connectivity index (χ2v) is 6.50. The summed E-state index contributed by atoms with van der Waals surface area (Å²) in [5, 5.41) is 6.46. The number of ether oxygens (including phenoxy) is 1. The quantitative estimate of drug-likeness (QED) is 0.838. The average Bonchev–Trinajstić information content (AvgIpc) is 2.39. The summed E-state index contributed by atoms with van der Waals surface area (Å²) < 4.78 is 5.53. The molecule has 0 bridgehead atoms. The van der Waals surface area contributed by atoms with E-state index in [2.05, 4.69) is 31.4 Å². The first-order valence-electron chi connectivity index (χ1n) is 7.70.